The lowest BCUT2D eigenvalue weighted by atomic mass is 10.0. The van der Waals surface area contributed by atoms with Crippen LogP contribution in [0.3, 0.4) is 0 Å². The van der Waals surface area contributed by atoms with Crippen molar-refractivity contribution in [2.45, 2.75) is 200 Å². The quantitative estimate of drug-likeness (QED) is 0.0241. The van der Waals surface area contributed by atoms with Crippen molar-refractivity contribution in [1.29, 1.82) is 0 Å². The summed E-state index contributed by atoms with van der Waals surface area (Å²) < 4.78 is 26.9. The van der Waals surface area contributed by atoms with Gasteiger partial charge in [0.1, 0.15) is 12.7 Å². The molecule has 2 atom stereocenters. The molecule has 1 amide bonds. The summed E-state index contributed by atoms with van der Waals surface area (Å²) in [6.07, 6.45) is 47.6. The van der Waals surface area contributed by atoms with Crippen LogP contribution in [0.15, 0.2) is 48.6 Å². The van der Waals surface area contributed by atoms with Gasteiger partial charge in [0.05, 0.1) is 13.2 Å². The summed E-state index contributed by atoms with van der Waals surface area (Å²) >= 11 is 0. The Kier molecular flexibility index (Phi) is 40.1. The van der Waals surface area contributed by atoms with Gasteiger partial charge in [-0.15, -0.1) is 0 Å². The van der Waals surface area contributed by atoms with Crippen LogP contribution in [-0.2, 0) is 27.9 Å². The molecule has 3 N–H and O–H groups in total. The first-order valence-electron chi connectivity index (χ1n) is 22.1. The van der Waals surface area contributed by atoms with E-state index in [1.54, 1.807) is 0 Å². The maximum absolute atomic E-state index is 12.1. The Labute approximate surface area is 336 Å². The number of nitrogens with one attached hydrogen (secondary N) is 1. The van der Waals surface area contributed by atoms with E-state index in [4.69, 9.17) is 13.8 Å². The summed E-state index contributed by atoms with van der Waals surface area (Å²) in [4.78, 5) is 33.9. The van der Waals surface area contributed by atoms with Gasteiger partial charge in [0, 0.05) is 19.4 Å². The normalized spacial score (nSPS) is 13.7. The molecule has 0 aliphatic rings. The number of allylic oxidation sites excluding steroid dienone is 8. The molecule has 0 bridgehead atoms. The molecule has 0 aromatic heterocycles. The Morgan fingerprint density at radius 2 is 1.04 bits per heavy atom. The van der Waals surface area contributed by atoms with E-state index in [1.165, 1.54) is 103 Å². The third kappa shape index (κ3) is 42.9. The average molecular weight is 796 g/mol. The molecule has 0 radical (unpaired) electrons. The zero-order valence-electron chi connectivity index (χ0n) is 35.1. The molecule has 9 nitrogen and oxygen atoms in total. The molecule has 0 saturated carbocycles. The zero-order valence-corrected chi connectivity index (χ0v) is 36.0. The molecule has 320 valence electrons. The van der Waals surface area contributed by atoms with E-state index in [0.717, 1.165) is 64.2 Å². The molecule has 0 aliphatic heterocycles. The van der Waals surface area contributed by atoms with Gasteiger partial charge in [-0.25, -0.2) is 4.57 Å². The molecule has 10 heteroatoms. The van der Waals surface area contributed by atoms with E-state index in [2.05, 4.69) is 67.8 Å². The topological polar surface area (TPSA) is 131 Å². The largest absolute Gasteiger partial charge is 0.472 e. The first kappa shape index (κ1) is 53.0. The predicted octanol–water partition coefficient (Wildman–Crippen LogP) is 12.3. The van der Waals surface area contributed by atoms with Crippen LogP contribution < -0.4 is 5.32 Å². The minimum atomic E-state index is -4.42. The number of amides is 1. The van der Waals surface area contributed by atoms with Crippen molar-refractivity contribution in [3.63, 3.8) is 0 Å². The van der Waals surface area contributed by atoms with Gasteiger partial charge in [0.25, 0.3) is 0 Å². The lowest BCUT2D eigenvalue weighted by Crippen LogP contribution is -2.27. The predicted molar refractivity (Wildman–Crippen MR) is 229 cm³/mol. The second-order valence-electron chi connectivity index (χ2n) is 14.6. The fourth-order valence-electron chi connectivity index (χ4n) is 5.92. The second kappa shape index (κ2) is 41.6. The van der Waals surface area contributed by atoms with Gasteiger partial charge in [-0.05, 0) is 70.6 Å². The molecular weight excluding hydrogens is 713 g/mol. The Morgan fingerprint density at radius 3 is 1.60 bits per heavy atom. The van der Waals surface area contributed by atoms with Crippen molar-refractivity contribution in [2.24, 2.45) is 0 Å². The standard InChI is InChI=1S/C45H82NO8P/c1-3-5-7-9-11-13-15-17-18-19-20-21-22-23-24-26-28-30-32-34-36-38-45(49)52-41-43(47)42-54-55(50,51)53-40-39-46-44(48)37-35-33-31-29-27-25-16-14-12-10-8-6-4-2/h6,8,12,14,17-18,25,27,43,47H,3-5,7,9-11,13,15-16,19-24,26,28-42H2,1-2H3,(H,46,48)(H,50,51)/b8-6-,14-12-,18-17+,27-25-. The molecule has 0 saturated heterocycles. The minimum Gasteiger partial charge on any atom is -0.463 e. The summed E-state index contributed by atoms with van der Waals surface area (Å²) in [5, 5.41) is 12.7. The number of unbranched alkanes of at least 4 members (excludes halogenated alkanes) is 20. The smallest absolute Gasteiger partial charge is 0.463 e. The van der Waals surface area contributed by atoms with Crippen LogP contribution in [0.25, 0.3) is 0 Å². The number of carbonyl (C=O) groups is 2. The van der Waals surface area contributed by atoms with Gasteiger partial charge in [0.15, 0.2) is 0 Å². The number of carbonyl (C=O) groups excluding carboxylic acids is 2. The maximum atomic E-state index is 12.1. The van der Waals surface area contributed by atoms with Crippen LogP contribution in [0.2, 0.25) is 0 Å². The van der Waals surface area contributed by atoms with Crippen molar-refractivity contribution in [2.75, 3.05) is 26.4 Å². The second-order valence-corrected chi connectivity index (χ2v) is 16.1. The minimum absolute atomic E-state index is 0.0647. The van der Waals surface area contributed by atoms with Gasteiger partial charge in [-0.1, -0.05) is 159 Å². The molecular formula is C45H82NO8P. The van der Waals surface area contributed by atoms with Crippen LogP contribution in [0.5, 0.6) is 0 Å². The van der Waals surface area contributed by atoms with Gasteiger partial charge >= 0.3 is 13.8 Å². The number of hydrogen-bond donors (Lipinski definition) is 3. The van der Waals surface area contributed by atoms with Gasteiger partial charge < -0.3 is 20.1 Å². The van der Waals surface area contributed by atoms with Crippen molar-refractivity contribution in [3.05, 3.63) is 48.6 Å². The van der Waals surface area contributed by atoms with Crippen molar-refractivity contribution < 1.29 is 37.9 Å². The van der Waals surface area contributed by atoms with E-state index < -0.39 is 26.5 Å². The highest BCUT2D eigenvalue weighted by Crippen LogP contribution is 2.42. The van der Waals surface area contributed by atoms with Gasteiger partial charge in [-0.2, -0.15) is 0 Å². The molecule has 0 fully saturated rings. The molecule has 0 rings (SSSR count). The fourth-order valence-corrected chi connectivity index (χ4v) is 6.68. The monoisotopic (exact) mass is 796 g/mol. The van der Waals surface area contributed by atoms with Crippen LogP contribution in [-0.4, -0.2) is 54.3 Å². The summed E-state index contributed by atoms with van der Waals surface area (Å²) in [5.41, 5.74) is 0. The molecule has 0 spiro atoms. The highest BCUT2D eigenvalue weighted by Gasteiger charge is 2.23. The third-order valence-electron chi connectivity index (χ3n) is 9.24. The van der Waals surface area contributed by atoms with Crippen molar-refractivity contribution in [3.8, 4) is 0 Å². The fraction of sp³-hybridized carbons (Fsp3) is 0.778. The number of ether oxygens (including phenoxy) is 1. The summed E-state index contributed by atoms with van der Waals surface area (Å²) in [6.45, 7) is 3.40. The Balaban J connectivity index is 3.60. The van der Waals surface area contributed by atoms with Crippen LogP contribution in [0, 0.1) is 0 Å². The Bertz CT molecular complexity index is 1040. The molecule has 0 aliphatic carbocycles. The van der Waals surface area contributed by atoms with Gasteiger partial charge in [-0.3, -0.25) is 18.6 Å². The summed E-state index contributed by atoms with van der Waals surface area (Å²) in [7, 11) is -4.42. The summed E-state index contributed by atoms with van der Waals surface area (Å²) in [5.74, 6) is -0.547. The van der Waals surface area contributed by atoms with Crippen LogP contribution >= 0.6 is 7.82 Å². The number of rotatable bonds is 41. The van der Waals surface area contributed by atoms with Crippen molar-refractivity contribution >= 4 is 19.7 Å². The first-order chi connectivity index (χ1) is 26.8. The number of phosphoric acid groups is 1. The number of aliphatic hydroxyl groups is 1. The van der Waals surface area contributed by atoms with E-state index in [0.29, 0.717) is 6.42 Å². The third-order valence-corrected chi connectivity index (χ3v) is 10.2. The molecule has 2 unspecified atom stereocenters. The lowest BCUT2D eigenvalue weighted by Gasteiger charge is -2.15. The molecule has 0 heterocycles. The van der Waals surface area contributed by atoms with E-state index in [1.807, 2.05) is 0 Å². The number of esters is 1. The average Bonchev–Trinajstić information content (AvgIpc) is 3.17. The maximum Gasteiger partial charge on any atom is 0.472 e. The molecule has 0 aromatic rings. The SMILES string of the molecule is CC/C=C\C/C=C\C/C=C\CCCCCC(=O)NCCOP(=O)(O)OCC(O)COC(=O)CCCCCCCCCCCCC/C=C/CCCCCCCC. The van der Waals surface area contributed by atoms with Gasteiger partial charge in [0.2, 0.25) is 5.91 Å². The number of hydrogen-bond acceptors (Lipinski definition) is 7. The molecule has 0 aromatic carbocycles. The summed E-state index contributed by atoms with van der Waals surface area (Å²) in [6, 6.07) is 0. The van der Waals surface area contributed by atoms with Crippen molar-refractivity contribution in [1.82, 2.24) is 5.32 Å². The molecule has 55 heavy (non-hydrogen) atoms. The Hall–Kier alpha value is -2.03. The van der Waals surface area contributed by atoms with E-state index in [9.17, 15) is 24.2 Å². The van der Waals surface area contributed by atoms with E-state index in [-0.39, 0.29) is 32.1 Å². The first-order valence-corrected chi connectivity index (χ1v) is 23.6. The number of aliphatic hydroxyl groups excluding tert-OH is 1. The highest BCUT2D eigenvalue weighted by molar-refractivity contribution is 7.47. The lowest BCUT2D eigenvalue weighted by molar-refractivity contribution is -0.147. The highest BCUT2D eigenvalue weighted by atomic mass is 31.2. The zero-order chi connectivity index (χ0) is 40.3. The Morgan fingerprint density at radius 1 is 0.582 bits per heavy atom. The number of phosphoric ester groups is 1. The van der Waals surface area contributed by atoms with Crippen LogP contribution in [0.1, 0.15) is 194 Å². The van der Waals surface area contributed by atoms with E-state index >= 15 is 0 Å². The van der Waals surface area contributed by atoms with Crippen LogP contribution in [0.4, 0.5) is 0 Å².